The van der Waals surface area contributed by atoms with Gasteiger partial charge in [-0.05, 0) is 44.4 Å². The predicted octanol–water partition coefficient (Wildman–Crippen LogP) is 1.95. The molecule has 2 unspecified atom stereocenters. The van der Waals surface area contributed by atoms with E-state index in [1.807, 2.05) is 0 Å². The maximum atomic E-state index is 12.3. The third-order valence-electron chi connectivity index (χ3n) is 3.83. The summed E-state index contributed by atoms with van der Waals surface area (Å²) in [4.78, 5) is 35.6. The number of nitrogens with one attached hydrogen (secondary N) is 2. The van der Waals surface area contributed by atoms with Crippen LogP contribution in [-0.2, 0) is 14.3 Å². The number of benzene rings is 1. The van der Waals surface area contributed by atoms with Crippen molar-refractivity contribution in [1.82, 2.24) is 5.32 Å². The molecule has 25 heavy (non-hydrogen) atoms. The van der Waals surface area contributed by atoms with E-state index in [1.165, 1.54) is 6.07 Å². The lowest BCUT2D eigenvalue weighted by molar-refractivity contribution is -0.139. The molecule has 1 aliphatic rings. The van der Waals surface area contributed by atoms with E-state index in [2.05, 4.69) is 10.6 Å². The third-order valence-corrected chi connectivity index (χ3v) is 3.83. The summed E-state index contributed by atoms with van der Waals surface area (Å²) in [5.74, 6) is -1.86. The molecule has 2 atom stereocenters. The van der Waals surface area contributed by atoms with Gasteiger partial charge in [-0.3, -0.25) is 9.59 Å². The van der Waals surface area contributed by atoms with Crippen molar-refractivity contribution < 1.29 is 24.2 Å². The zero-order valence-electron chi connectivity index (χ0n) is 14.0. The minimum atomic E-state index is -1.10. The first kappa shape index (κ1) is 18.7. The number of carboxylic acid groups (broad SMARTS) is 1. The zero-order valence-corrected chi connectivity index (χ0v) is 14.0. The molecule has 0 radical (unpaired) electrons. The Bertz CT molecular complexity index is 665. The number of allylic oxidation sites excluding steroid dienone is 1. The second-order valence-corrected chi connectivity index (χ2v) is 5.74. The molecule has 2 rings (SSSR count). The molecule has 1 aromatic carbocycles. The Hall–Kier alpha value is -2.67. The summed E-state index contributed by atoms with van der Waals surface area (Å²) in [6.45, 7) is 2.35. The Morgan fingerprint density at radius 1 is 1.40 bits per heavy atom. The van der Waals surface area contributed by atoms with E-state index in [-0.39, 0.29) is 17.9 Å². The highest BCUT2D eigenvalue weighted by molar-refractivity contribution is 5.99. The average molecular weight is 346 g/mol. The first-order valence-corrected chi connectivity index (χ1v) is 8.18. The number of carbonyl (C=O) groups is 3. The fourth-order valence-corrected chi connectivity index (χ4v) is 2.48. The van der Waals surface area contributed by atoms with E-state index in [0.717, 1.165) is 6.42 Å². The van der Waals surface area contributed by atoms with Crippen molar-refractivity contribution in [2.45, 2.75) is 38.3 Å². The van der Waals surface area contributed by atoms with Crippen molar-refractivity contribution in [2.75, 3.05) is 11.9 Å². The normalized spacial score (nSPS) is 18.0. The maximum absolute atomic E-state index is 12.3. The van der Waals surface area contributed by atoms with Gasteiger partial charge in [0.25, 0.3) is 11.8 Å². The van der Waals surface area contributed by atoms with Gasteiger partial charge in [-0.1, -0.05) is 18.2 Å². The molecule has 7 nitrogen and oxygen atoms in total. The van der Waals surface area contributed by atoms with Crippen LogP contribution in [0.2, 0.25) is 0 Å². The van der Waals surface area contributed by atoms with Gasteiger partial charge in [0.2, 0.25) is 0 Å². The number of aliphatic carboxylic acids is 1. The maximum Gasteiger partial charge on any atom is 0.326 e. The summed E-state index contributed by atoms with van der Waals surface area (Å²) in [6, 6.07) is 5.36. The second kappa shape index (κ2) is 8.98. The molecule has 7 heteroatoms. The van der Waals surface area contributed by atoms with Gasteiger partial charge < -0.3 is 20.5 Å². The van der Waals surface area contributed by atoms with E-state index in [4.69, 9.17) is 4.74 Å². The van der Waals surface area contributed by atoms with Crippen LogP contribution < -0.4 is 10.6 Å². The molecule has 1 fully saturated rings. The van der Waals surface area contributed by atoms with Gasteiger partial charge in [0.05, 0.1) is 0 Å². The van der Waals surface area contributed by atoms with Crippen LogP contribution in [0.25, 0.3) is 0 Å². The van der Waals surface area contributed by atoms with Gasteiger partial charge in [-0.2, -0.15) is 0 Å². The largest absolute Gasteiger partial charge is 0.480 e. The standard InChI is InChI=1S/C18H22N2O5/c1-2-3-8-14(18(23)24)20-16(21)12-6-4-7-13(11-12)19-17(22)15-9-5-10-25-15/h2-4,6-7,11,14-15H,5,8-10H2,1H3,(H,19,22)(H,20,21)(H,23,24)/b3-2+. The van der Waals surface area contributed by atoms with E-state index in [9.17, 15) is 19.5 Å². The number of amides is 2. The summed E-state index contributed by atoms with van der Waals surface area (Å²) < 4.78 is 5.32. The van der Waals surface area contributed by atoms with E-state index in [0.29, 0.717) is 18.7 Å². The van der Waals surface area contributed by atoms with Crippen molar-refractivity contribution in [3.63, 3.8) is 0 Å². The Labute approximate surface area is 146 Å². The van der Waals surface area contributed by atoms with Crippen LogP contribution in [0.5, 0.6) is 0 Å². The number of hydrogen-bond acceptors (Lipinski definition) is 4. The van der Waals surface area contributed by atoms with Gasteiger partial charge in [0.15, 0.2) is 0 Å². The van der Waals surface area contributed by atoms with E-state index in [1.54, 1.807) is 37.3 Å². The fraction of sp³-hybridized carbons (Fsp3) is 0.389. The lowest BCUT2D eigenvalue weighted by Crippen LogP contribution is -2.40. The molecule has 0 saturated carbocycles. The number of ether oxygens (including phenoxy) is 1. The van der Waals surface area contributed by atoms with Gasteiger partial charge in [-0.25, -0.2) is 4.79 Å². The Kier molecular flexibility index (Phi) is 6.71. The summed E-state index contributed by atoms with van der Waals surface area (Å²) in [6.07, 6.45) is 4.67. The lowest BCUT2D eigenvalue weighted by Gasteiger charge is -2.14. The second-order valence-electron chi connectivity index (χ2n) is 5.74. The number of rotatable bonds is 7. The molecule has 1 aliphatic heterocycles. The summed E-state index contributed by atoms with van der Waals surface area (Å²) >= 11 is 0. The molecule has 134 valence electrons. The molecule has 1 aromatic rings. The minimum Gasteiger partial charge on any atom is -0.480 e. The van der Waals surface area contributed by atoms with Crippen molar-refractivity contribution in [3.8, 4) is 0 Å². The van der Waals surface area contributed by atoms with Crippen molar-refractivity contribution in [2.24, 2.45) is 0 Å². The van der Waals surface area contributed by atoms with Crippen LogP contribution in [0.1, 0.15) is 36.5 Å². The summed E-state index contributed by atoms with van der Waals surface area (Å²) in [5, 5.41) is 14.4. The molecule has 1 heterocycles. The van der Waals surface area contributed by atoms with Crippen LogP contribution in [-0.4, -0.2) is 41.6 Å². The number of anilines is 1. The quantitative estimate of drug-likeness (QED) is 0.655. The van der Waals surface area contributed by atoms with Crippen LogP contribution >= 0.6 is 0 Å². The average Bonchev–Trinajstić information content (AvgIpc) is 3.13. The Morgan fingerprint density at radius 3 is 2.84 bits per heavy atom. The smallest absolute Gasteiger partial charge is 0.326 e. The van der Waals surface area contributed by atoms with Crippen molar-refractivity contribution >= 4 is 23.5 Å². The molecule has 3 N–H and O–H groups in total. The topological polar surface area (TPSA) is 105 Å². The summed E-state index contributed by atoms with van der Waals surface area (Å²) in [5.41, 5.74) is 0.741. The SMILES string of the molecule is C/C=C/CC(NC(=O)c1cccc(NC(=O)C2CCCO2)c1)C(=O)O. The molecule has 0 bridgehead atoms. The molecule has 1 saturated heterocycles. The molecule has 2 amide bonds. The van der Waals surface area contributed by atoms with Crippen LogP contribution in [0.4, 0.5) is 5.69 Å². The molecule has 0 aromatic heterocycles. The van der Waals surface area contributed by atoms with Gasteiger partial charge >= 0.3 is 5.97 Å². The van der Waals surface area contributed by atoms with E-state index >= 15 is 0 Å². The fourth-order valence-electron chi connectivity index (χ4n) is 2.48. The van der Waals surface area contributed by atoms with Crippen LogP contribution in [0.15, 0.2) is 36.4 Å². The number of carboxylic acids is 1. The molecular formula is C18H22N2O5. The first-order valence-electron chi connectivity index (χ1n) is 8.18. The van der Waals surface area contributed by atoms with Crippen molar-refractivity contribution in [1.29, 1.82) is 0 Å². The predicted molar refractivity (Wildman–Crippen MR) is 92.4 cm³/mol. The van der Waals surface area contributed by atoms with Crippen LogP contribution in [0, 0.1) is 0 Å². The summed E-state index contributed by atoms with van der Waals surface area (Å²) in [7, 11) is 0. The number of hydrogen-bond donors (Lipinski definition) is 3. The first-order chi connectivity index (χ1) is 12.0. The Morgan fingerprint density at radius 2 is 2.20 bits per heavy atom. The monoisotopic (exact) mass is 346 g/mol. The van der Waals surface area contributed by atoms with E-state index < -0.39 is 24.0 Å². The molecule has 0 aliphatic carbocycles. The highest BCUT2D eigenvalue weighted by atomic mass is 16.5. The molecule has 0 spiro atoms. The lowest BCUT2D eigenvalue weighted by atomic mass is 10.1. The van der Waals surface area contributed by atoms with Crippen molar-refractivity contribution in [3.05, 3.63) is 42.0 Å². The van der Waals surface area contributed by atoms with Crippen LogP contribution in [0.3, 0.4) is 0 Å². The van der Waals surface area contributed by atoms with Gasteiger partial charge in [0, 0.05) is 17.9 Å². The highest BCUT2D eigenvalue weighted by Crippen LogP contribution is 2.16. The molecular weight excluding hydrogens is 324 g/mol. The van der Waals surface area contributed by atoms with Gasteiger partial charge in [0.1, 0.15) is 12.1 Å². The third kappa shape index (κ3) is 5.42. The minimum absolute atomic E-state index is 0.201. The van der Waals surface area contributed by atoms with Gasteiger partial charge in [-0.15, -0.1) is 0 Å². The highest BCUT2D eigenvalue weighted by Gasteiger charge is 2.24. The Balaban J connectivity index is 2.02. The number of carbonyl (C=O) groups excluding carboxylic acids is 2. The zero-order chi connectivity index (χ0) is 18.2.